The number of nitrogens with two attached hydrogens (primary N) is 1. The lowest BCUT2D eigenvalue weighted by atomic mass is 9.85. The first-order valence-corrected chi connectivity index (χ1v) is 9.45. The van der Waals surface area contributed by atoms with Gasteiger partial charge in [-0.25, -0.2) is 0 Å². The van der Waals surface area contributed by atoms with Crippen molar-refractivity contribution < 1.29 is 9.59 Å². The lowest BCUT2D eigenvalue weighted by molar-refractivity contribution is -0.136. The van der Waals surface area contributed by atoms with Gasteiger partial charge in [0.15, 0.2) is 0 Å². The van der Waals surface area contributed by atoms with Gasteiger partial charge in [-0.2, -0.15) is 11.3 Å². The Balaban J connectivity index is 1.57. The van der Waals surface area contributed by atoms with E-state index < -0.39 is 0 Å². The first kappa shape index (κ1) is 16.5. The highest BCUT2D eigenvalue weighted by molar-refractivity contribution is 7.08. The zero-order valence-corrected chi connectivity index (χ0v) is 14.3. The highest BCUT2D eigenvalue weighted by Gasteiger charge is 2.30. The number of hydrogen-bond acceptors (Lipinski definition) is 4. The van der Waals surface area contributed by atoms with Crippen LogP contribution in [-0.2, 0) is 4.79 Å². The third kappa shape index (κ3) is 3.93. The van der Waals surface area contributed by atoms with E-state index in [2.05, 4.69) is 0 Å². The van der Waals surface area contributed by atoms with Gasteiger partial charge in [-0.1, -0.05) is 6.42 Å². The van der Waals surface area contributed by atoms with Crippen LogP contribution >= 0.6 is 11.3 Å². The molecule has 23 heavy (non-hydrogen) atoms. The summed E-state index contributed by atoms with van der Waals surface area (Å²) in [6, 6.07) is 2.03. The van der Waals surface area contributed by atoms with Gasteiger partial charge < -0.3 is 15.5 Å². The molecule has 6 heteroatoms. The zero-order valence-electron chi connectivity index (χ0n) is 13.4. The highest BCUT2D eigenvalue weighted by Crippen LogP contribution is 2.25. The minimum absolute atomic E-state index is 0.0814. The Kier molecular flexibility index (Phi) is 5.33. The number of rotatable bonds is 2. The number of carbonyl (C=O) groups excluding carboxylic acids is 2. The Morgan fingerprint density at radius 2 is 1.87 bits per heavy atom. The summed E-state index contributed by atoms with van der Waals surface area (Å²) in [6.45, 7) is 2.74. The minimum Gasteiger partial charge on any atom is -0.341 e. The molecule has 2 N–H and O–H groups in total. The van der Waals surface area contributed by atoms with Crippen LogP contribution in [0, 0.1) is 5.92 Å². The van der Waals surface area contributed by atoms with Gasteiger partial charge in [-0.3, -0.25) is 9.59 Å². The summed E-state index contributed by atoms with van der Waals surface area (Å²) >= 11 is 1.54. The third-order valence-corrected chi connectivity index (χ3v) is 5.61. The van der Waals surface area contributed by atoms with E-state index in [0.29, 0.717) is 13.1 Å². The summed E-state index contributed by atoms with van der Waals surface area (Å²) in [5.41, 5.74) is 6.77. The van der Waals surface area contributed by atoms with E-state index in [-0.39, 0.29) is 23.8 Å². The molecule has 0 bridgehead atoms. The molecule has 0 aromatic carbocycles. The van der Waals surface area contributed by atoms with Crippen molar-refractivity contribution in [3.05, 3.63) is 22.4 Å². The van der Waals surface area contributed by atoms with Crippen molar-refractivity contribution >= 4 is 23.2 Å². The lowest BCUT2D eigenvalue weighted by Gasteiger charge is -2.30. The predicted molar refractivity (Wildman–Crippen MR) is 91.4 cm³/mol. The van der Waals surface area contributed by atoms with E-state index in [1.807, 2.05) is 26.6 Å². The predicted octanol–water partition coefficient (Wildman–Crippen LogP) is 1.94. The van der Waals surface area contributed by atoms with Crippen molar-refractivity contribution in [2.24, 2.45) is 11.7 Å². The third-order valence-electron chi connectivity index (χ3n) is 4.93. The first-order chi connectivity index (χ1) is 11.1. The van der Waals surface area contributed by atoms with E-state index in [1.54, 1.807) is 0 Å². The maximum atomic E-state index is 12.7. The average Bonchev–Trinajstić information content (AvgIpc) is 2.98. The maximum absolute atomic E-state index is 12.7. The SMILES string of the molecule is NC1CCCC(C(=O)N2CCCN(C(=O)c3ccsc3)CC2)C1. The molecule has 5 nitrogen and oxygen atoms in total. The van der Waals surface area contributed by atoms with Gasteiger partial charge in [0, 0.05) is 43.5 Å². The molecule has 2 atom stereocenters. The second kappa shape index (κ2) is 7.45. The molecule has 0 radical (unpaired) electrons. The van der Waals surface area contributed by atoms with Crippen LogP contribution < -0.4 is 5.73 Å². The van der Waals surface area contributed by atoms with Crippen LogP contribution in [0.25, 0.3) is 0 Å². The number of nitrogens with zero attached hydrogens (tertiary/aromatic N) is 2. The summed E-state index contributed by atoms with van der Waals surface area (Å²) in [7, 11) is 0. The first-order valence-electron chi connectivity index (χ1n) is 8.51. The summed E-state index contributed by atoms with van der Waals surface area (Å²) in [5.74, 6) is 0.406. The summed E-state index contributed by atoms with van der Waals surface area (Å²) < 4.78 is 0. The topological polar surface area (TPSA) is 66.6 Å². The van der Waals surface area contributed by atoms with Gasteiger partial charge in [0.05, 0.1) is 5.56 Å². The quantitative estimate of drug-likeness (QED) is 0.898. The molecule has 2 aliphatic rings. The van der Waals surface area contributed by atoms with Crippen LogP contribution in [0.15, 0.2) is 16.8 Å². The van der Waals surface area contributed by atoms with Crippen LogP contribution in [0.3, 0.4) is 0 Å². The second-order valence-corrected chi connectivity index (χ2v) is 7.39. The van der Waals surface area contributed by atoms with Gasteiger partial charge in [0.1, 0.15) is 0 Å². The molecular weight excluding hydrogens is 310 g/mol. The number of amides is 2. The highest BCUT2D eigenvalue weighted by atomic mass is 32.1. The molecule has 1 aromatic heterocycles. The van der Waals surface area contributed by atoms with E-state index in [0.717, 1.165) is 50.8 Å². The zero-order chi connectivity index (χ0) is 16.2. The number of carbonyl (C=O) groups is 2. The van der Waals surface area contributed by atoms with Crippen LogP contribution in [0.2, 0.25) is 0 Å². The fraction of sp³-hybridized carbons (Fsp3) is 0.647. The molecule has 1 aromatic rings. The van der Waals surface area contributed by atoms with Crippen LogP contribution in [0.1, 0.15) is 42.5 Å². The lowest BCUT2D eigenvalue weighted by Crippen LogP contribution is -2.42. The van der Waals surface area contributed by atoms with Gasteiger partial charge in [-0.05, 0) is 37.1 Å². The van der Waals surface area contributed by atoms with Gasteiger partial charge in [0.25, 0.3) is 5.91 Å². The molecule has 1 aliphatic carbocycles. The molecule has 2 amide bonds. The standard InChI is InChI=1S/C17H25N3O2S/c18-15-4-1-3-13(11-15)16(21)19-6-2-7-20(9-8-19)17(22)14-5-10-23-12-14/h5,10,12-13,15H,1-4,6-9,11,18H2. The summed E-state index contributed by atoms with van der Waals surface area (Å²) in [5, 5.41) is 3.81. The molecule has 126 valence electrons. The van der Waals surface area contributed by atoms with E-state index >= 15 is 0 Å². The largest absolute Gasteiger partial charge is 0.341 e. The number of thiophene rings is 1. The fourth-order valence-corrected chi connectivity index (χ4v) is 4.25. The Morgan fingerprint density at radius 1 is 1.09 bits per heavy atom. The molecular formula is C17H25N3O2S. The monoisotopic (exact) mass is 335 g/mol. The van der Waals surface area contributed by atoms with Crippen LogP contribution in [0.4, 0.5) is 0 Å². The van der Waals surface area contributed by atoms with E-state index in [1.165, 1.54) is 11.3 Å². The Bertz CT molecular complexity index is 546. The Hall–Kier alpha value is -1.40. The molecule has 0 spiro atoms. The maximum Gasteiger partial charge on any atom is 0.254 e. The Morgan fingerprint density at radius 3 is 2.61 bits per heavy atom. The molecule has 2 unspecified atom stereocenters. The molecule has 2 fully saturated rings. The summed E-state index contributed by atoms with van der Waals surface area (Å²) in [4.78, 5) is 29.0. The van der Waals surface area contributed by atoms with Crippen LogP contribution in [-0.4, -0.2) is 53.8 Å². The average molecular weight is 335 g/mol. The van der Waals surface area contributed by atoms with Crippen molar-refractivity contribution in [2.45, 2.75) is 38.1 Å². The van der Waals surface area contributed by atoms with Crippen molar-refractivity contribution in [2.75, 3.05) is 26.2 Å². The molecule has 1 saturated carbocycles. The number of hydrogen-bond donors (Lipinski definition) is 1. The normalized spacial score (nSPS) is 26.0. The fourth-order valence-electron chi connectivity index (χ4n) is 3.62. The van der Waals surface area contributed by atoms with E-state index in [9.17, 15) is 9.59 Å². The van der Waals surface area contributed by atoms with E-state index in [4.69, 9.17) is 5.73 Å². The second-order valence-electron chi connectivity index (χ2n) is 6.61. The molecule has 1 aliphatic heterocycles. The molecule has 1 saturated heterocycles. The van der Waals surface area contributed by atoms with Crippen molar-refractivity contribution in [1.29, 1.82) is 0 Å². The van der Waals surface area contributed by atoms with Gasteiger partial charge in [0.2, 0.25) is 5.91 Å². The van der Waals surface area contributed by atoms with Gasteiger partial charge in [-0.15, -0.1) is 0 Å². The smallest absolute Gasteiger partial charge is 0.254 e. The summed E-state index contributed by atoms with van der Waals surface area (Å²) in [6.07, 6.45) is 4.70. The van der Waals surface area contributed by atoms with Crippen molar-refractivity contribution in [1.82, 2.24) is 9.80 Å². The Labute approximate surface area is 141 Å². The van der Waals surface area contributed by atoms with Gasteiger partial charge >= 0.3 is 0 Å². The van der Waals surface area contributed by atoms with Crippen molar-refractivity contribution in [3.8, 4) is 0 Å². The molecule has 3 rings (SSSR count). The van der Waals surface area contributed by atoms with Crippen LogP contribution in [0.5, 0.6) is 0 Å². The van der Waals surface area contributed by atoms with Crippen molar-refractivity contribution in [3.63, 3.8) is 0 Å². The minimum atomic E-state index is 0.0814. The molecule has 2 heterocycles.